The largest absolute Gasteiger partial charge is 0.381 e. The van der Waals surface area contributed by atoms with E-state index in [9.17, 15) is 8.42 Å². The fourth-order valence-corrected chi connectivity index (χ4v) is 2.82. The molecule has 6 nitrogen and oxygen atoms in total. The molecule has 2 rings (SSSR count). The third kappa shape index (κ3) is 2.06. The molecule has 0 saturated carbocycles. The van der Waals surface area contributed by atoms with Crippen LogP contribution < -0.4 is 5.73 Å². The van der Waals surface area contributed by atoms with Crippen LogP contribution in [0, 0.1) is 0 Å². The van der Waals surface area contributed by atoms with Crippen LogP contribution >= 0.6 is 11.6 Å². The average Bonchev–Trinajstić information content (AvgIpc) is 2.71. The zero-order chi connectivity index (χ0) is 13.3. The van der Waals surface area contributed by atoms with E-state index in [4.69, 9.17) is 17.3 Å². The van der Waals surface area contributed by atoms with Crippen molar-refractivity contribution >= 4 is 27.3 Å². The van der Waals surface area contributed by atoms with E-state index in [1.165, 1.54) is 28.9 Å². The molecule has 0 radical (unpaired) electrons. The molecule has 1 aromatic heterocycles. The summed E-state index contributed by atoms with van der Waals surface area (Å²) in [6.07, 6.45) is 0. The van der Waals surface area contributed by atoms with Crippen molar-refractivity contribution in [3.63, 3.8) is 0 Å². The highest BCUT2D eigenvalue weighted by Crippen LogP contribution is 2.24. The maximum Gasteiger partial charge on any atom is 0.229 e. The van der Waals surface area contributed by atoms with Gasteiger partial charge >= 0.3 is 0 Å². The molecule has 2 N–H and O–H groups in total. The Hall–Kier alpha value is -1.60. The number of rotatable bonds is 3. The average molecular weight is 287 g/mol. The third-order valence-corrected chi connectivity index (χ3v) is 4.36. The quantitative estimate of drug-likeness (QED) is 0.920. The molecule has 0 atom stereocenters. The molecular formula is C10H11ClN4O2S. The molecule has 8 heteroatoms. The van der Waals surface area contributed by atoms with Gasteiger partial charge in [0, 0.05) is 11.6 Å². The Kier molecular flexibility index (Phi) is 3.27. The molecule has 0 fully saturated rings. The summed E-state index contributed by atoms with van der Waals surface area (Å²) in [5.74, 6) is 0.0347. The number of halogens is 1. The SMILES string of the molecule is CCn1nnc(S(=O)(=O)c2ccc(Cl)cc2)c1N. The van der Waals surface area contributed by atoms with E-state index in [1.807, 2.05) is 0 Å². The first-order valence-electron chi connectivity index (χ1n) is 5.16. The van der Waals surface area contributed by atoms with Crippen molar-refractivity contribution in [3.05, 3.63) is 29.3 Å². The Morgan fingerprint density at radius 2 is 1.94 bits per heavy atom. The van der Waals surface area contributed by atoms with E-state index < -0.39 is 9.84 Å². The molecule has 0 bridgehead atoms. The number of benzene rings is 1. The lowest BCUT2D eigenvalue weighted by Crippen LogP contribution is -2.08. The zero-order valence-electron chi connectivity index (χ0n) is 9.54. The molecule has 0 spiro atoms. The summed E-state index contributed by atoms with van der Waals surface area (Å²) in [6.45, 7) is 2.25. The zero-order valence-corrected chi connectivity index (χ0v) is 11.1. The van der Waals surface area contributed by atoms with E-state index in [2.05, 4.69) is 10.3 Å². The van der Waals surface area contributed by atoms with Gasteiger partial charge in [-0.05, 0) is 31.2 Å². The van der Waals surface area contributed by atoms with Crippen LogP contribution in [0.3, 0.4) is 0 Å². The van der Waals surface area contributed by atoms with Crippen LogP contribution in [0.4, 0.5) is 5.82 Å². The minimum atomic E-state index is -3.75. The Balaban J connectivity index is 2.54. The molecule has 0 unspecified atom stereocenters. The third-order valence-electron chi connectivity index (χ3n) is 2.42. The van der Waals surface area contributed by atoms with E-state index in [0.29, 0.717) is 11.6 Å². The molecule has 2 aromatic rings. The maximum atomic E-state index is 12.3. The molecule has 0 aliphatic heterocycles. The molecule has 0 amide bonds. The second kappa shape index (κ2) is 4.58. The lowest BCUT2D eigenvalue weighted by atomic mass is 10.4. The van der Waals surface area contributed by atoms with Gasteiger partial charge in [-0.1, -0.05) is 16.8 Å². The molecular weight excluding hydrogens is 276 g/mol. The van der Waals surface area contributed by atoms with Crippen molar-refractivity contribution in [2.24, 2.45) is 0 Å². The van der Waals surface area contributed by atoms with Gasteiger partial charge in [0.05, 0.1) is 4.90 Å². The van der Waals surface area contributed by atoms with Gasteiger partial charge in [0.15, 0.2) is 5.82 Å². The summed E-state index contributed by atoms with van der Waals surface area (Å²) in [4.78, 5) is 0.0850. The Labute approximate surface area is 109 Å². The summed E-state index contributed by atoms with van der Waals surface area (Å²) >= 11 is 5.71. The number of anilines is 1. The Morgan fingerprint density at radius 3 is 2.44 bits per heavy atom. The van der Waals surface area contributed by atoms with Crippen LogP contribution in [0.1, 0.15) is 6.92 Å². The van der Waals surface area contributed by atoms with E-state index in [0.717, 1.165) is 0 Å². The molecule has 96 valence electrons. The van der Waals surface area contributed by atoms with Crippen molar-refractivity contribution in [3.8, 4) is 0 Å². The van der Waals surface area contributed by atoms with Gasteiger partial charge in [0.2, 0.25) is 14.9 Å². The van der Waals surface area contributed by atoms with Crippen LogP contribution in [-0.2, 0) is 16.4 Å². The van der Waals surface area contributed by atoms with Gasteiger partial charge in [-0.15, -0.1) is 5.10 Å². The minimum Gasteiger partial charge on any atom is -0.381 e. The van der Waals surface area contributed by atoms with Crippen molar-refractivity contribution in [1.82, 2.24) is 15.0 Å². The summed E-state index contributed by atoms with van der Waals surface area (Å²) < 4.78 is 25.8. The first kappa shape index (κ1) is 12.8. The first-order valence-corrected chi connectivity index (χ1v) is 7.02. The van der Waals surface area contributed by atoms with Crippen molar-refractivity contribution < 1.29 is 8.42 Å². The standard InChI is InChI=1S/C10H11ClN4O2S/c1-2-15-9(12)10(13-14-15)18(16,17)8-5-3-7(11)4-6-8/h3-6H,2,12H2,1H3. The summed E-state index contributed by atoms with van der Waals surface area (Å²) in [7, 11) is -3.75. The number of aryl methyl sites for hydroxylation is 1. The van der Waals surface area contributed by atoms with Crippen LogP contribution in [-0.4, -0.2) is 23.4 Å². The number of nitrogens with two attached hydrogens (primary N) is 1. The highest BCUT2D eigenvalue weighted by Gasteiger charge is 2.25. The lowest BCUT2D eigenvalue weighted by molar-refractivity contribution is 0.591. The predicted molar refractivity (Wildman–Crippen MR) is 67.0 cm³/mol. The summed E-state index contributed by atoms with van der Waals surface area (Å²) in [5.41, 5.74) is 5.70. The fraction of sp³-hybridized carbons (Fsp3) is 0.200. The van der Waals surface area contributed by atoms with Crippen LogP contribution in [0.5, 0.6) is 0 Å². The number of aromatic nitrogens is 3. The molecule has 0 saturated heterocycles. The second-order valence-corrected chi connectivity index (χ2v) is 5.85. The number of sulfone groups is 1. The topological polar surface area (TPSA) is 90.9 Å². The number of hydrogen-bond acceptors (Lipinski definition) is 5. The molecule has 0 aliphatic carbocycles. The first-order chi connectivity index (χ1) is 8.46. The molecule has 18 heavy (non-hydrogen) atoms. The normalized spacial score (nSPS) is 11.7. The second-order valence-electron chi connectivity index (χ2n) is 3.55. The fourth-order valence-electron chi connectivity index (χ4n) is 1.45. The summed E-state index contributed by atoms with van der Waals surface area (Å²) in [6, 6.07) is 5.80. The van der Waals surface area contributed by atoms with Gasteiger partial charge in [-0.25, -0.2) is 13.1 Å². The van der Waals surface area contributed by atoms with Gasteiger partial charge in [-0.2, -0.15) is 0 Å². The van der Waals surface area contributed by atoms with Crippen molar-refractivity contribution in [2.75, 3.05) is 5.73 Å². The molecule has 1 aromatic carbocycles. The maximum absolute atomic E-state index is 12.3. The van der Waals surface area contributed by atoms with Crippen LogP contribution in [0.15, 0.2) is 34.2 Å². The Bertz CT molecular complexity index is 664. The monoisotopic (exact) mass is 286 g/mol. The minimum absolute atomic E-state index is 0.0347. The lowest BCUT2D eigenvalue weighted by Gasteiger charge is -2.02. The molecule has 0 aliphatic rings. The van der Waals surface area contributed by atoms with Gasteiger partial charge in [-0.3, -0.25) is 0 Å². The van der Waals surface area contributed by atoms with E-state index in [-0.39, 0.29) is 15.7 Å². The van der Waals surface area contributed by atoms with E-state index >= 15 is 0 Å². The van der Waals surface area contributed by atoms with Crippen LogP contribution in [0.25, 0.3) is 0 Å². The number of hydrogen-bond donors (Lipinski definition) is 1. The highest BCUT2D eigenvalue weighted by molar-refractivity contribution is 7.91. The van der Waals surface area contributed by atoms with Gasteiger partial charge in [0.1, 0.15) is 0 Å². The van der Waals surface area contributed by atoms with E-state index in [1.54, 1.807) is 6.92 Å². The van der Waals surface area contributed by atoms with Gasteiger partial charge in [0.25, 0.3) is 0 Å². The number of nitrogens with zero attached hydrogens (tertiary/aromatic N) is 3. The number of nitrogen functional groups attached to an aromatic ring is 1. The van der Waals surface area contributed by atoms with Crippen molar-refractivity contribution in [1.29, 1.82) is 0 Å². The Morgan fingerprint density at radius 1 is 1.33 bits per heavy atom. The molecule has 1 heterocycles. The van der Waals surface area contributed by atoms with Crippen LogP contribution in [0.2, 0.25) is 5.02 Å². The van der Waals surface area contributed by atoms with Gasteiger partial charge < -0.3 is 5.73 Å². The summed E-state index contributed by atoms with van der Waals surface area (Å²) in [5, 5.41) is 7.53. The predicted octanol–water partition coefficient (Wildman–Crippen LogP) is 1.37. The van der Waals surface area contributed by atoms with Crippen molar-refractivity contribution in [2.45, 2.75) is 23.4 Å². The smallest absolute Gasteiger partial charge is 0.229 e. The highest BCUT2D eigenvalue weighted by atomic mass is 35.5.